The van der Waals surface area contributed by atoms with E-state index in [1.165, 1.54) is 6.92 Å². The van der Waals surface area contributed by atoms with Gasteiger partial charge in [-0.25, -0.2) is 4.79 Å². The van der Waals surface area contributed by atoms with E-state index in [-0.39, 0.29) is 12.4 Å². The Bertz CT molecular complexity index is 468. The van der Waals surface area contributed by atoms with Crippen molar-refractivity contribution in [1.29, 1.82) is 0 Å². The highest BCUT2D eigenvalue weighted by Crippen LogP contribution is 2.07. The van der Waals surface area contributed by atoms with Gasteiger partial charge < -0.3 is 10.1 Å². The van der Waals surface area contributed by atoms with Crippen molar-refractivity contribution in [3.05, 3.63) is 48.0 Å². The normalized spacial score (nSPS) is 9.95. The highest BCUT2D eigenvalue weighted by atomic mass is 16.5. The minimum atomic E-state index is -0.396. The maximum Gasteiger partial charge on any atom is 0.407 e. The molecule has 0 spiro atoms. The zero-order chi connectivity index (χ0) is 15.5. The van der Waals surface area contributed by atoms with Crippen molar-refractivity contribution in [3.8, 4) is 0 Å². The number of hydrogen-bond acceptors (Lipinski definition) is 3. The lowest BCUT2D eigenvalue weighted by molar-refractivity contribution is -0.113. The van der Waals surface area contributed by atoms with Gasteiger partial charge in [0.25, 0.3) is 0 Å². The van der Waals surface area contributed by atoms with E-state index in [2.05, 4.69) is 11.9 Å². The van der Waals surface area contributed by atoms with Crippen LogP contribution >= 0.6 is 0 Å². The van der Waals surface area contributed by atoms with Crippen molar-refractivity contribution in [3.63, 3.8) is 0 Å². The number of hydrogen-bond donors (Lipinski definition) is 1. The van der Waals surface area contributed by atoms with E-state index in [0.717, 1.165) is 31.2 Å². The van der Waals surface area contributed by atoms with Crippen LogP contribution in [0.3, 0.4) is 0 Å². The number of nitrogens with one attached hydrogen (secondary N) is 1. The van der Waals surface area contributed by atoms with Crippen LogP contribution in [-0.2, 0) is 16.1 Å². The lowest BCUT2D eigenvalue weighted by Crippen LogP contribution is -2.25. The van der Waals surface area contributed by atoms with Crippen LogP contribution in [0, 0.1) is 0 Å². The molecule has 4 nitrogen and oxygen atoms in total. The topological polar surface area (TPSA) is 55.4 Å². The molecule has 0 saturated carbocycles. The van der Waals surface area contributed by atoms with Gasteiger partial charge >= 0.3 is 6.09 Å². The summed E-state index contributed by atoms with van der Waals surface area (Å²) in [5.41, 5.74) is 1.64. The van der Waals surface area contributed by atoms with Gasteiger partial charge in [0.15, 0.2) is 5.78 Å². The van der Waals surface area contributed by atoms with E-state index >= 15 is 0 Å². The third-order valence-electron chi connectivity index (χ3n) is 3.14. The average Bonchev–Trinajstić information content (AvgIpc) is 2.49. The van der Waals surface area contributed by atoms with E-state index in [4.69, 9.17) is 4.74 Å². The summed E-state index contributed by atoms with van der Waals surface area (Å²) in [7, 11) is 0. The molecule has 114 valence electrons. The van der Waals surface area contributed by atoms with E-state index < -0.39 is 6.09 Å². The molecule has 0 aliphatic heterocycles. The molecule has 21 heavy (non-hydrogen) atoms. The molecule has 0 aromatic heterocycles. The number of Topliss-reactive ketones (excluding diaryl/α,β-unsaturated/α-hetero) is 1. The SMILES string of the molecule is C=C(CCCCCNC(=O)OCc1ccccc1)C(C)=O. The standard InChI is InChI=1S/C17H23NO3/c1-14(15(2)19)9-5-4-8-12-18-17(20)21-13-16-10-6-3-7-11-16/h3,6-7,10-11H,1,4-5,8-9,12-13H2,2H3,(H,18,20). The van der Waals surface area contributed by atoms with Crippen LogP contribution in [0.5, 0.6) is 0 Å². The van der Waals surface area contributed by atoms with Gasteiger partial charge in [0.2, 0.25) is 0 Å². The third-order valence-corrected chi connectivity index (χ3v) is 3.14. The molecule has 0 fully saturated rings. The van der Waals surface area contributed by atoms with E-state index in [9.17, 15) is 9.59 Å². The molecule has 0 atom stereocenters. The molecule has 0 heterocycles. The van der Waals surface area contributed by atoms with Gasteiger partial charge in [0, 0.05) is 6.54 Å². The first-order valence-corrected chi connectivity index (χ1v) is 7.23. The molecule has 0 unspecified atom stereocenters. The van der Waals surface area contributed by atoms with E-state index in [1.54, 1.807) is 0 Å². The molecule has 1 aromatic rings. The van der Waals surface area contributed by atoms with Crippen LogP contribution in [0.4, 0.5) is 4.79 Å². The second-order valence-electron chi connectivity index (χ2n) is 4.96. The molecule has 1 aromatic carbocycles. The van der Waals surface area contributed by atoms with Gasteiger partial charge in [-0.3, -0.25) is 4.79 Å². The quantitative estimate of drug-likeness (QED) is 0.558. The molecule has 0 saturated heterocycles. The maximum atomic E-state index is 11.5. The number of carbonyl (C=O) groups excluding carboxylic acids is 2. The summed E-state index contributed by atoms with van der Waals surface area (Å²) in [6, 6.07) is 9.56. The number of rotatable bonds is 9. The second kappa shape index (κ2) is 9.75. The first kappa shape index (κ1) is 17.0. The Balaban J connectivity index is 2.01. The summed E-state index contributed by atoms with van der Waals surface area (Å²) in [5.74, 6) is 0.0533. The van der Waals surface area contributed by atoms with Crippen LogP contribution in [0.25, 0.3) is 0 Å². The first-order valence-electron chi connectivity index (χ1n) is 7.23. The Morgan fingerprint density at radius 1 is 1.14 bits per heavy atom. The summed E-state index contributed by atoms with van der Waals surface area (Å²) in [6.45, 7) is 6.11. The van der Waals surface area contributed by atoms with Crippen LogP contribution in [0.1, 0.15) is 38.2 Å². The van der Waals surface area contributed by atoms with Crippen LogP contribution < -0.4 is 5.32 Å². The number of benzene rings is 1. The van der Waals surface area contributed by atoms with E-state index in [1.807, 2.05) is 30.3 Å². The fourth-order valence-corrected chi connectivity index (χ4v) is 1.78. The molecular formula is C17H23NO3. The Kier molecular flexibility index (Phi) is 7.87. The number of amides is 1. The number of ether oxygens (including phenoxy) is 1. The molecule has 0 radical (unpaired) electrons. The van der Waals surface area contributed by atoms with Crippen molar-refractivity contribution in [2.45, 2.75) is 39.2 Å². The molecule has 0 aliphatic rings. The van der Waals surface area contributed by atoms with Crippen LogP contribution in [-0.4, -0.2) is 18.4 Å². The minimum Gasteiger partial charge on any atom is -0.445 e. The second-order valence-corrected chi connectivity index (χ2v) is 4.96. The zero-order valence-corrected chi connectivity index (χ0v) is 12.6. The van der Waals surface area contributed by atoms with Gasteiger partial charge in [-0.2, -0.15) is 0 Å². The Morgan fingerprint density at radius 2 is 1.86 bits per heavy atom. The predicted octanol–water partition coefficient (Wildman–Crippen LogP) is 3.62. The van der Waals surface area contributed by atoms with Gasteiger partial charge in [0.05, 0.1) is 0 Å². The largest absolute Gasteiger partial charge is 0.445 e. The Morgan fingerprint density at radius 3 is 2.52 bits per heavy atom. The van der Waals surface area contributed by atoms with Crippen molar-refractivity contribution in [2.24, 2.45) is 0 Å². The summed E-state index contributed by atoms with van der Waals surface area (Å²) in [6.07, 6.45) is 3.07. The molecule has 0 aliphatic carbocycles. The van der Waals surface area contributed by atoms with Gasteiger partial charge in [-0.1, -0.05) is 43.3 Å². The monoisotopic (exact) mass is 289 g/mol. The number of carbonyl (C=O) groups is 2. The minimum absolute atomic E-state index is 0.0533. The molecule has 0 bridgehead atoms. The highest BCUT2D eigenvalue weighted by Gasteiger charge is 2.02. The zero-order valence-electron chi connectivity index (χ0n) is 12.6. The van der Waals surface area contributed by atoms with Crippen LogP contribution in [0.15, 0.2) is 42.5 Å². The lowest BCUT2D eigenvalue weighted by Gasteiger charge is -2.07. The molecule has 4 heteroatoms. The fourth-order valence-electron chi connectivity index (χ4n) is 1.78. The molecule has 1 rings (SSSR count). The summed E-state index contributed by atoms with van der Waals surface area (Å²) < 4.78 is 5.10. The van der Waals surface area contributed by atoms with Crippen molar-refractivity contribution >= 4 is 11.9 Å². The number of ketones is 1. The third kappa shape index (κ3) is 7.92. The molecular weight excluding hydrogens is 266 g/mol. The van der Waals surface area contributed by atoms with E-state index in [0.29, 0.717) is 12.1 Å². The smallest absolute Gasteiger partial charge is 0.407 e. The fraction of sp³-hybridized carbons (Fsp3) is 0.412. The van der Waals surface area contributed by atoms with Gasteiger partial charge in [0.1, 0.15) is 6.61 Å². The number of alkyl carbamates (subject to hydrolysis) is 1. The Labute approximate surface area is 126 Å². The number of unbranched alkanes of at least 4 members (excludes halogenated alkanes) is 2. The first-order chi connectivity index (χ1) is 10.1. The van der Waals surface area contributed by atoms with Crippen LogP contribution in [0.2, 0.25) is 0 Å². The summed E-state index contributed by atoms with van der Waals surface area (Å²) in [5, 5.41) is 2.71. The Hall–Kier alpha value is -2.10. The summed E-state index contributed by atoms with van der Waals surface area (Å²) >= 11 is 0. The van der Waals surface area contributed by atoms with Gasteiger partial charge in [-0.05, 0) is 37.3 Å². The van der Waals surface area contributed by atoms with Crippen molar-refractivity contribution in [2.75, 3.05) is 6.54 Å². The van der Waals surface area contributed by atoms with Crippen molar-refractivity contribution < 1.29 is 14.3 Å². The summed E-state index contributed by atoms with van der Waals surface area (Å²) in [4.78, 5) is 22.4. The molecule has 1 amide bonds. The predicted molar refractivity (Wildman–Crippen MR) is 82.9 cm³/mol. The lowest BCUT2D eigenvalue weighted by atomic mass is 10.1. The van der Waals surface area contributed by atoms with Crippen molar-refractivity contribution in [1.82, 2.24) is 5.32 Å². The van der Waals surface area contributed by atoms with Gasteiger partial charge in [-0.15, -0.1) is 0 Å². The molecule has 1 N–H and O–H groups in total. The maximum absolute atomic E-state index is 11.5. The average molecular weight is 289 g/mol. The highest BCUT2D eigenvalue weighted by molar-refractivity contribution is 5.92. The number of allylic oxidation sites excluding steroid dienone is 1.